The standard InChI is InChI=1S/C23H18F3N3O5S/c1-34-15-4-2-12-9-20(35-19(12)11-15)18(30)8-13(22(32)33)6-7-29-21(31)16-10-14(23(24,25)26)3-5-17(16)27-28-29/h2-5,9-11,13H,6-8H2,1H3,(H,32,33). The molecule has 1 atom stereocenters. The molecule has 0 saturated heterocycles. The third kappa shape index (κ3) is 5.16. The topological polar surface area (TPSA) is 111 Å². The van der Waals surface area contributed by atoms with Gasteiger partial charge in [0.15, 0.2) is 5.78 Å². The molecule has 182 valence electrons. The molecule has 4 aromatic rings. The summed E-state index contributed by atoms with van der Waals surface area (Å²) in [5, 5.41) is 17.6. The van der Waals surface area contributed by atoms with Crippen LogP contribution in [0.25, 0.3) is 21.0 Å². The Hall–Kier alpha value is -3.80. The molecule has 0 spiro atoms. The average Bonchev–Trinajstić information content (AvgIpc) is 3.25. The van der Waals surface area contributed by atoms with E-state index >= 15 is 0 Å². The third-order valence-electron chi connectivity index (χ3n) is 5.52. The van der Waals surface area contributed by atoms with Crippen molar-refractivity contribution in [3.63, 3.8) is 0 Å². The number of carbonyl (C=O) groups is 2. The van der Waals surface area contributed by atoms with E-state index in [2.05, 4.69) is 10.3 Å². The van der Waals surface area contributed by atoms with Gasteiger partial charge >= 0.3 is 12.1 Å². The van der Waals surface area contributed by atoms with Gasteiger partial charge in [-0.15, -0.1) is 16.4 Å². The maximum atomic E-state index is 13.0. The van der Waals surface area contributed by atoms with E-state index in [0.717, 1.165) is 26.9 Å². The van der Waals surface area contributed by atoms with E-state index in [1.54, 1.807) is 24.3 Å². The monoisotopic (exact) mass is 505 g/mol. The van der Waals surface area contributed by atoms with Gasteiger partial charge in [0.25, 0.3) is 5.56 Å². The molecule has 8 nitrogen and oxygen atoms in total. The summed E-state index contributed by atoms with van der Waals surface area (Å²) in [6, 6.07) is 9.55. The Balaban J connectivity index is 1.52. The van der Waals surface area contributed by atoms with Crippen LogP contribution in [0.4, 0.5) is 13.2 Å². The van der Waals surface area contributed by atoms with Crippen LogP contribution in [0.5, 0.6) is 5.75 Å². The van der Waals surface area contributed by atoms with E-state index in [1.807, 2.05) is 0 Å². The number of hydrogen-bond acceptors (Lipinski definition) is 7. The number of aryl methyl sites for hydroxylation is 1. The van der Waals surface area contributed by atoms with E-state index in [-0.39, 0.29) is 36.1 Å². The van der Waals surface area contributed by atoms with E-state index in [4.69, 9.17) is 4.74 Å². The van der Waals surface area contributed by atoms with E-state index in [1.165, 1.54) is 18.4 Å². The molecule has 0 amide bonds. The molecule has 0 radical (unpaired) electrons. The summed E-state index contributed by atoms with van der Waals surface area (Å²) < 4.78 is 45.8. The number of rotatable bonds is 8. The van der Waals surface area contributed by atoms with E-state index in [0.29, 0.717) is 16.7 Å². The van der Waals surface area contributed by atoms with Gasteiger partial charge in [-0.25, -0.2) is 4.68 Å². The fourth-order valence-corrected chi connectivity index (χ4v) is 4.63. The molecule has 0 bridgehead atoms. The van der Waals surface area contributed by atoms with Crippen LogP contribution in [0.2, 0.25) is 0 Å². The Labute approximate surface area is 199 Å². The zero-order valence-corrected chi connectivity index (χ0v) is 19.0. The highest BCUT2D eigenvalue weighted by Gasteiger charge is 2.31. The van der Waals surface area contributed by atoms with Crippen LogP contribution in [-0.4, -0.2) is 39.0 Å². The second-order valence-electron chi connectivity index (χ2n) is 7.81. The summed E-state index contributed by atoms with van der Waals surface area (Å²) in [5.41, 5.74) is -1.84. The molecule has 2 heterocycles. The van der Waals surface area contributed by atoms with Gasteiger partial charge in [-0.3, -0.25) is 14.4 Å². The summed E-state index contributed by atoms with van der Waals surface area (Å²) >= 11 is 1.22. The Bertz CT molecular complexity index is 1500. The number of thiophene rings is 1. The van der Waals surface area contributed by atoms with Crippen LogP contribution in [0.3, 0.4) is 0 Å². The lowest BCUT2D eigenvalue weighted by Crippen LogP contribution is -2.27. The highest BCUT2D eigenvalue weighted by molar-refractivity contribution is 7.20. The van der Waals surface area contributed by atoms with Crippen LogP contribution < -0.4 is 10.3 Å². The summed E-state index contributed by atoms with van der Waals surface area (Å²) in [6.07, 6.45) is -5.09. The smallest absolute Gasteiger partial charge is 0.416 e. The van der Waals surface area contributed by atoms with Gasteiger partial charge in [-0.2, -0.15) is 13.2 Å². The lowest BCUT2D eigenvalue weighted by molar-refractivity contribution is -0.142. The first-order valence-corrected chi connectivity index (χ1v) is 11.2. The molecule has 2 aromatic carbocycles. The van der Waals surface area contributed by atoms with Crippen molar-refractivity contribution in [1.29, 1.82) is 0 Å². The van der Waals surface area contributed by atoms with Crippen molar-refractivity contribution in [2.45, 2.75) is 25.6 Å². The summed E-state index contributed by atoms with van der Waals surface area (Å²) in [5.74, 6) is -2.11. The number of ketones is 1. The van der Waals surface area contributed by atoms with Gasteiger partial charge in [-0.05, 0) is 54.3 Å². The van der Waals surface area contributed by atoms with Gasteiger partial charge in [0.1, 0.15) is 11.3 Å². The van der Waals surface area contributed by atoms with Crippen molar-refractivity contribution < 1.29 is 32.6 Å². The zero-order chi connectivity index (χ0) is 25.3. The number of aliphatic carboxylic acids is 1. The van der Waals surface area contributed by atoms with Crippen molar-refractivity contribution in [2.75, 3.05) is 7.11 Å². The number of fused-ring (bicyclic) bond motifs is 2. The van der Waals surface area contributed by atoms with E-state index < -0.39 is 29.2 Å². The Morgan fingerprint density at radius 3 is 2.63 bits per heavy atom. The number of aromatic nitrogens is 3. The van der Waals surface area contributed by atoms with Gasteiger partial charge in [0, 0.05) is 17.7 Å². The number of carbonyl (C=O) groups excluding carboxylic acids is 1. The number of ether oxygens (including phenoxy) is 1. The normalized spacial score (nSPS) is 12.7. The van der Waals surface area contributed by atoms with Crippen molar-refractivity contribution in [3.05, 3.63) is 63.3 Å². The second kappa shape index (κ2) is 9.45. The minimum atomic E-state index is -4.64. The first-order valence-electron chi connectivity index (χ1n) is 10.3. The Kier molecular flexibility index (Phi) is 6.57. The number of carboxylic acids is 1. The predicted molar refractivity (Wildman–Crippen MR) is 122 cm³/mol. The number of halogens is 3. The van der Waals surface area contributed by atoms with Crippen LogP contribution in [-0.2, 0) is 17.5 Å². The number of methoxy groups -OCH3 is 1. The first-order chi connectivity index (χ1) is 16.6. The SMILES string of the molecule is COc1ccc2cc(C(=O)CC(CCn3nnc4ccc(C(F)(F)F)cc4c3=O)C(=O)O)sc2c1. The fourth-order valence-electron chi connectivity index (χ4n) is 3.59. The summed E-state index contributed by atoms with van der Waals surface area (Å²) in [4.78, 5) is 37.6. The van der Waals surface area contributed by atoms with Crippen molar-refractivity contribution in [2.24, 2.45) is 5.92 Å². The molecule has 0 fully saturated rings. The molecule has 35 heavy (non-hydrogen) atoms. The van der Waals surface area contributed by atoms with Crippen LogP contribution in [0.1, 0.15) is 28.1 Å². The molecule has 0 aliphatic rings. The largest absolute Gasteiger partial charge is 0.497 e. The van der Waals surface area contributed by atoms with E-state index in [9.17, 15) is 32.7 Å². The minimum Gasteiger partial charge on any atom is -0.497 e. The lowest BCUT2D eigenvalue weighted by atomic mass is 9.98. The van der Waals surface area contributed by atoms with Crippen molar-refractivity contribution >= 4 is 44.1 Å². The van der Waals surface area contributed by atoms with Crippen molar-refractivity contribution in [1.82, 2.24) is 15.0 Å². The number of hydrogen-bond donors (Lipinski definition) is 1. The number of alkyl halides is 3. The lowest BCUT2D eigenvalue weighted by Gasteiger charge is -2.12. The number of nitrogens with zero attached hydrogens (tertiary/aromatic N) is 3. The predicted octanol–water partition coefficient (Wildman–Crippen LogP) is 4.40. The summed E-state index contributed by atoms with van der Waals surface area (Å²) in [6.45, 7) is -0.230. The van der Waals surface area contributed by atoms with Crippen LogP contribution in [0.15, 0.2) is 47.3 Å². The summed E-state index contributed by atoms with van der Waals surface area (Å²) in [7, 11) is 1.53. The first kappa shape index (κ1) is 24.3. The Morgan fingerprint density at radius 2 is 1.94 bits per heavy atom. The molecule has 12 heteroatoms. The van der Waals surface area contributed by atoms with Gasteiger partial charge in [0.05, 0.1) is 28.9 Å². The minimum absolute atomic E-state index is 0.00870. The maximum absolute atomic E-state index is 13.0. The van der Waals surface area contributed by atoms with Gasteiger partial charge < -0.3 is 9.84 Å². The highest BCUT2D eigenvalue weighted by atomic mass is 32.1. The van der Waals surface area contributed by atoms with Crippen molar-refractivity contribution in [3.8, 4) is 5.75 Å². The molecular formula is C23H18F3N3O5S. The van der Waals surface area contributed by atoms with Gasteiger partial charge in [-0.1, -0.05) is 5.21 Å². The Morgan fingerprint density at radius 1 is 1.17 bits per heavy atom. The molecule has 1 unspecified atom stereocenters. The molecule has 0 aliphatic heterocycles. The zero-order valence-electron chi connectivity index (χ0n) is 18.2. The average molecular weight is 505 g/mol. The second-order valence-corrected chi connectivity index (χ2v) is 8.90. The van der Waals surface area contributed by atoms with Crippen LogP contribution >= 0.6 is 11.3 Å². The van der Waals surface area contributed by atoms with Gasteiger partial charge in [0.2, 0.25) is 0 Å². The molecule has 0 aliphatic carbocycles. The third-order valence-corrected chi connectivity index (χ3v) is 6.66. The molecular weight excluding hydrogens is 487 g/mol. The number of Topliss-reactive ketones (excluding diaryl/α,β-unsaturated/α-hetero) is 1. The fraction of sp³-hybridized carbons (Fsp3) is 0.261. The number of carboxylic acid groups (broad SMARTS) is 1. The molecule has 4 rings (SSSR count). The molecule has 0 saturated carbocycles. The molecule has 2 aromatic heterocycles. The maximum Gasteiger partial charge on any atom is 0.416 e. The number of benzene rings is 2. The van der Waals surface area contributed by atoms with Crippen LogP contribution in [0, 0.1) is 5.92 Å². The quantitative estimate of drug-likeness (QED) is 0.354. The molecule has 1 N–H and O–H groups in total. The highest BCUT2D eigenvalue weighted by Crippen LogP contribution is 2.31.